The second-order valence-electron chi connectivity index (χ2n) is 6.60. The topological polar surface area (TPSA) is 49.8 Å². The second-order valence-corrected chi connectivity index (χ2v) is 6.60. The number of hydrogen-bond donors (Lipinski definition) is 0. The van der Waals surface area contributed by atoms with E-state index in [-0.39, 0.29) is 17.3 Å². The SMILES string of the molecule is CC1(C)OB(c2cc(OCC3CCO3)ccn2)OC1(C)C. The van der Waals surface area contributed by atoms with Crippen molar-refractivity contribution >= 4 is 12.7 Å². The summed E-state index contributed by atoms with van der Waals surface area (Å²) in [5.74, 6) is 0.769. The Kier molecular flexibility index (Phi) is 3.72. The average molecular weight is 291 g/mol. The largest absolute Gasteiger partial charge is 0.514 e. The van der Waals surface area contributed by atoms with Crippen molar-refractivity contribution in [3.05, 3.63) is 18.3 Å². The highest BCUT2D eigenvalue weighted by Gasteiger charge is 2.52. The van der Waals surface area contributed by atoms with Gasteiger partial charge in [-0.05, 0) is 39.8 Å². The molecule has 0 aromatic carbocycles. The first-order valence-corrected chi connectivity index (χ1v) is 7.43. The van der Waals surface area contributed by atoms with E-state index in [9.17, 15) is 0 Å². The van der Waals surface area contributed by atoms with Gasteiger partial charge in [-0.2, -0.15) is 0 Å². The van der Waals surface area contributed by atoms with Crippen LogP contribution in [0.2, 0.25) is 0 Å². The van der Waals surface area contributed by atoms with Gasteiger partial charge in [0.1, 0.15) is 12.4 Å². The van der Waals surface area contributed by atoms with Crippen LogP contribution in [0.25, 0.3) is 0 Å². The second kappa shape index (κ2) is 5.27. The fraction of sp³-hybridized carbons (Fsp3) is 0.667. The number of pyridine rings is 1. The lowest BCUT2D eigenvalue weighted by atomic mass is 9.84. The molecule has 1 atom stereocenters. The molecule has 0 aliphatic carbocycles. The van der Waals surface area contributed by atoms with Gasteiger partial charge in [0, 0.05) is 19.2 Å². The Morgan fingerprint density at radius 1 is 1.29 bits per heavy atom. The van der Waals surface area contributed by atoms with Gasteiger partial charge >= 0.3 is 7.12 Å². The Bertz CT molecular complexity index is 500. The molecule has 0 bridgehead atoms. The third kappa shape index (κ3) is 2.93. The smallest absolute Gasteiger partial charge is 0.491 e. The predicted molar refractivity (Wildman–Crippen MR) is 79.8 cm³/mol. The molecule has 2 aliphatic heterocycles. The number of hydrogen-bond acceptors (Lipinski definition) is 5. The summed E-state index contributed by atoms with van der Waals surface area (Å²) in [6.07, 6.45) is 3.01. The van der Waals surface area contributed by atoms with Crippen LogP contribution < -0.4 is 10.3 Å². The first kappa shape index (κ1) is 14.8. The Labute approximate surface area is 126 Å². The maximum atomic E-state index is 6.00. The van der Waals surface area contributed by atoms with Crippen LogP contribution in [0, 0.1) is 0 Å². The zero-order valence-corrected chi connectivity index (χ0v) is 13.1. The van der Waals surface area contributed by atoms with E-state index in [0.717, 1.165) is 24.4 Å². The average Bonchev–Trinajstić information content (AvgIpc) is 2.57. The fourth-order valence-electron chi connectivity index (χ4n) is 2.22. The lowest BCUT2D eigenvalue weighted by Gasteiger charge is -2.32. The third-order valence-electron chi connectivity index (χ3n) is 4.48. The van der Waals surface area contributed by atoms with Crippen LogP contribution in [-0.2, 0) is 14.0 Å². The summed E-state index contributed by atoms with van der Waals surface area (Å²) < 4.78 is 23.1. The molecule has 1 aromatic heterocycles. The maximum Gasteiger partial charge on any atom is 0.514 e. The van der Waals surface area contributed by atoms with Crippen LogP contribution in [0.1, 0.15) is 34.1 Å². The quantitative estimate of drug-likeness (QED) is 0.788. The van der Waals surface area contributed by atoms with Gasteiger partial charge in [0.05, 0.1) is 22.9 Å². The van der Waals surface area contributed by atoms with E-state index >= 15 is 0 Å². The van der Waals surface area contributed by atoms with Crippen LogP contribution in [0.4, 0.5) is 0 Å². The summed E-state index contributed by atoms with van der Waals surface area (Å²) in [5.41, 5.74) is 0.00654. The summed E-state index contributed by atoms with van der Waals surface area (Å²) in [4.78, 5) is 4.35. The Morgan fingerprint density at radius 3 is 2.52 bits per heavy atom. The molecule has 2 saturated heterocycles. The molecule has 0 N–H and O–H groups in total. The van der Waals surface area contributed by atoms with Crippen LogP contribution in [0.5, 0.6) is 5.75 Å². The van der Waals surface area contributed by atoms with Crippen molar-refractivity contribution in [3.8, 4) is 5.75 Å². The highest BCUT2D eigenvalue weighted by molar-refractivity contribution is 6.61. The Balaban J connectivity index is 1.68. The normalized spacial score (nSPS) is 26.5. The first-order valence-electron chi connectivity index (χ1n) is 7.43. The predicted octanol–water partition coefficient (Wildman–Crippen LogP) is 1.55. The van der Waals surface area contributed by atoms with Crippen molar-refractivity contribution in [2.45, 2.75) is 51.4 Å². The van der Waals surface area contributed by atoms with E-state index in [0.29, 0.717) is 6.61 Å². The molecule has 0 spiro atoms. The van der Waals surface area contributed by atoms with Crippen LogP contribution >= 0.6 is 0 Å². The molecule has 6 heteroatoms. The first-order chi connectivity index (χ1) is 9.87. The van der Waals surface area contributed by atoms with Gasteiger partial charge in [-0.3, -0.25) is 4.98 Å². The summed E-state index contributed by atoms with van der Waals surface area (Å²) in [6, 6.07) is 3.72. The summed E-state index contributed by atoms with van der Waals surface area (Å²) in [7, 11) is -0.460. The van der Waals surface area contributed by atoms with Gasteiger partial charge in [0.15, 0.2) is 0 Å². The molecule has 2 aliphatic rings. The number of rotatable bonds is 4. The van der Waals surface area contributed by atoms with E-state index in [4.69, 9.17) is 18.8 Å². The summed E-state index contributed by atoms with van der Waals surface area (Å²) >= 11 is 0. The molecule has 0 saturated carbocycles. The molecule has 0 amide bonds. The molecule has 114 valence electrons. The minimum atomic E-state index is -0.460. The number of ether oxygens (including phenoxy) is 2. The Morgan fingerprint density at radius 2 is 1.95 bits per heavy atom. The number of nitrogens with zero attached hydrogens (tertiary/aromatic N) is 1. The van der Waals surface area contributed by atoms with Crippen molar-refractivity contribution < 1.29 is 18.8 Å². The molecule has 21 heavy (non-hydrogen) atoms. The Hall–Kier alpha value is -1.11. The zero-order valence-electron chi connectivity index (χ0n) is 13.1. The van der Waals surface area contributed by atoms with Gasteiger partial charge < -0.3 is 18.8 Å². The van der Waals surface area contributed by atoms with Crippen LogP contribution in [-0.4, -0.2) is 42.6 Å². The molecule has 0 radical (unpaired) electrons. The van der Waals surface area contributed by atoms with E-state index in [1.54, 1.807) is 6.20 Å². The van der Waals surface area contributed by atoms with Gasteiger partial charge in [-0.15, -0.1) is 0 Å². The minimum Gasteiger partial charge on any atom is -0.491 e. The molecule has 1 unspecified atom stereocenters. The van der Waals surface area contributed by atoms with E-state index in [1.165, 1.54) is 0 Å². The maximum absolute atomic E-state index is 6.00. The van der Waals surface area contributed by atoms with Crippen molar-refractivity contribution in [2.24, 2.45) is 0 Å². The van der Waals surface area contributed by atoms with E-state index < -0.39 is 7.12 Å². The fourth-order valence-corrected chi connectivity index (χ4v) is 2.22. The minimum absolute atomic E-state index is 0.221. The summed E-state index contributed by atoms with van der Waals surface area (Å²) in [5, 5.41) is 0. The van der Waals surface area contributed by atoms with E-state index in [2.05, 4.69) is 4.98 Å². The third-order valence-corrected chi connectivity index (χ3v) is 4.48. The molecule has 1 aromatic rings. The molecule has 2 fully saturated rings. The zero-order chi connectivity index (χ0) is 15.1. The van der Waals surface area contributed by atoms with Crippen LogP contribution in [0.3, 0.4) is 0 Å². The standard InChI is InChI=1S/C15H22BNO4/c1-14(2)15(3,4)21-16(20-14)13-9-11(5-7-17-13)19-10-12-6-8-18-12/h5,7,9,12H,6,8,10H2,1-4H3. The molecule has 3 heterocycles. The summed E-state index contributed by atoms with van der Waals surface area (Å²) in [6.45, 7) is 9.53. The molecular weight excluding hydrogens is 269 g/mol. The van der Waals surface area contributed by atoms with Crippen molar-refractivity contribution in [2.75, 3.05) is 13.2 Å². The highest BCUT2D eigenvalue weighted by atomic mass is 16.7. The molecule has 3 rings (SSSR count). The highest BCUT2D eigenvalue weighted by Crippen LogP contribution is 2.36. The molecular formula is C15H22BNO4. The van der Waals surface area contributed by atoms with Gasteiger partial charge in [0.2, 0.25) is 0 Å². The van der Waals surface area contributed by atoms with Crippen molar-refractivity contribution in [3.63, 3.8) is 0 Å². The van der Waals surface area contributed by atoms with Gasteiger partial charge in [0.25, 0.3) is 0 Å². The van der Waals surface area contributed by atoms with Crippen LogP contribution in [0.15, 0.2) is 18.3 Å². The molecule has 5 nitrogen and oxygen atoms in total. The van der Waals surface area contributed by atoms with Crippen molar-refractivity contribution in [1.29, 1.82) is 0 Å². The number of aromatic nitrogens is 1. The van der Waals surface area contributed by atoms with E-state index in [1.807, 2.05) is 39.8 Å². The lowest BCUT2D eigenvalue weighted by molar-refractivity contribution is -0.0720. The van der Waals surface area contributed by atoms with Gasteiger partial charge in [-0.1, -0.05) is 0 Å². The lowest BCUT2D eigenvalue weighted by Crippen LogP contribution is -2.41. The monoisotopic (exact) mass is 291 g/mol. The van der Waals surface area contributed by atoms with Crippen molar-refractivity contribution in [1.82, 2.24) is 4.98 Å². The van der Waals surface area contributed by atoms with Gasteiger partial charge in [-0.25, -0.2) is 0 Å².